The van der Waals surface area contributed by atoms with Gasteiger partial charge >= 0.3 is 0 Å². The first-order valence-electron chi connectivity index (χ1n) is 5.64. The Morgan fingerprint density at radius 3 is 2.41 bits per heavy atom. The number of halogens is 2. The van der Waals surface area contributed by atoms with Crippen LogP contribution in [0.15, 0.2) is 42.5 Å². The molecule has 0 atom stereocenters. The molecular weight excluding hydrogens is 235 g/mol. The zero-order valence-corrected chi connectivity index (χ0v) is 10.5. The molecule has 0 fully saturated rings. The van der Waals surface area contributed by atoms with Gasteiger partial charge in [0.2, 0.25) is 0 Å². The highest BCUT2D eigenvalue weighted by Crippen LogP contribution is 2.19. The molecule has 0 aromatic heterocycles. The van der Waals surface area contributed by atoms with E-state index in [4.69, 9.17) is 11.6 Å². The fourth-order valence-electron chi connectivity index (χ4n) is 1.83. The van der Waals surface area contributed by atoms with Crippen LogP contribution in [0.2, 0.25) is 5.02 Å². The summed E-state index contributed by atoms with van der Waals surface area (Å²) < 4.78 is 12.7. The minimum Gasteiger partial charge on any atom is -0.207 e. The predicted molar refractivity (Wildman–Crippen MR) is 70.0 cm³/mol. The molecule has 0 nitrogen and oxygen atoms in total. The van der Waals surface area contributed by atoms with Crippen LogP contribution in [0.4, 0.5) is 4.39 Å². The van der Waals surface area contributed by atoms with Gasteiger partial charge in [-0.3, -0.25) is 0 Å². The van der Waals surface area contributed by atoms with Crippen molar-refractivity contribution in [2.24, 2.45) is 0 Å². The van der Waals surface area contributed by atoms with Crippen molar-refractivity contribution in [3.05, 3.63) is 70.0 Å². The van der Waals surface area contributed by atoms with Gasteiger partial charge < -0.3 is 0 Å². The normalized spacial score (nSPS) is 10.5. The monoisotopic (exact) mass is 248 g/mol. The van der Waals surface area contributed by atoms with E-state index in [2.05, 4.69) is 13.0 Å². The molecule has 88 valence electrons. The molecule has 0 aliphatic heterocycles. The van der Waals surface area contributed by atoms with E-state index in [1.807, 2.05) is 24.3 Å². The Balaban J connectivity index is 2.07. The fourth-order valence-corrected chi connectivity index (χ4v) is 2.04. The van der Waals surface area contributed by atoms with Gasteiger partial charge in [0, 0.05) is 5.02 Å². The summed E-state index contributed by atoms with van der Waals surface area (Å²) in [6, 6.07) is 12.7. The minimum atomic E-state index is -0.192. The van der Waals surface area contributed by atoms with Gasteiger partial charge in [-0.2, -0.15) is 0 Å². The van der Waals surface area contributed by atoms with E-state index in [1.54, 1.807) is 0 Å². The van der Waals surface area contributed by atoms with E-state index in [1.165, 1.54) is 17.7 Å². The molecule has 0 heterocycles. The van der Waals surface area contributed by atoms with Crippen molar-refractivity contribution in [3.8, 4) is 0 Å². The second-order valence-electron chi connectivity index (χ2n) is 4.22. The van der Waals surface area contributed by atoms with Crippen LogP contribution in [0.3, 0.4) is 0 Å². The van der Waals surface area contributed by atoms with Crippen molar-refractivity contribution < 1.29 is 4.39 Å². The zero-order chi connectivity index (χ0) is 12.3. The number of hydrogen-bond acceptors (Lipinski definition) is 0. The second-order valence-corrected chi connectivity index (χ2v) is 4.63. The SMILES string of the molecule is Cc1ccc(Cl)c(CCc2ccc(F)cc2)c1. The van der Waals surface area contributed by atoms with Gasteiger partial charge in [0.25, 0.3) is 0 Å². The molecule has 0 aliphatic carbocycles. The summed E-state index contributed by atoms with van der Waals surface area (Å²) in [7, 11) is 0. The summed E-state index contributed by atoms with van der Waals surface area (Å²) in [6.45, 7) is 2.05. The van der Waals surface area contributed by atoms with Crippen molar-refractivity contribution in [2.75, 3.05) is 0 Å². The molecule has 2 aromatic rings. The molecule has 17 heavy (non-hydrogen) atoms. The Kier molecular flexibility index (Phi) is 3.80. The Morgan fingerprint density at radius 1 is 1.00 bits per heavy atom. The lowest BCUT2D eigenvalue weighted by Crippen LogP contribution is -1.93. The first-order valence-corrected chi connectivity index (χ1v) is 6.02. The third-order valence-electron chi connectivity index (χ3n) is 2.80. The van der Waals surface area contributed by atoms with E-state index in [9.17, 15) is 4.39 Å². The molecule has 0 radical (unpaired) electrons. The van der Waals surface area contributed by atoms with Crippen LogP contribution in [0.25, 0.3) is 0 Å². The lowest BCUT2D eigenvalue weighted by atomic mass is 10.0. The lowest BCUT2D eigenvalue weighted by molar-refractivity contribution is 0.627. The van der Waals surface area contributed by atoms with Crippen molar-refractivity contribution in [1.82, 2.24) is 0 Å². The van der Waals surface area contributed by atoms with Gasteiger partial charge in [-0.25, -0.2) is 4.39 Å². The highest BCUT2D eigenvalue weighted by atomic mass is 35.5. The van der Waals surface area contributed by atoms with Crippen molar-refractivity contribution in [2.45, 2.75) is 19.8 Å². The number of benzene rings is 2. The first kappa shape index (κ1) is 12.1. The molecule has 0 saturated carbocycles. The van der Waals surface area contributed by atoms with Gasteiger partial charge in [0.1, 0.15) is 5.82 Å². The van der Waals surface area contributed by atoms with Crippen LogP contribution < -0.4 is 0 Å². The Labute approximate surface area is 106 Å². The summed E-state index contributed by atoms with van der Waals surface area (Å²) in [6.07, 6.45) is 1.76. The molecule has 0 bridgehead atoms. The quantitative estimate of drug-likeness (QED) is 0.746. The van der Waals surface area contributed by atoms with Gasteiger partial charge in [-0.15, -0.1) is 0 Å². The number of rotatable bonds is 3. The van der Waals surface area contributed by atoms with Crippen LogP contribution >= 0.6 is 11.6 Å². The Bertz CT molecular complexity index is 503. The highest BCUT2D eigenvalue weighted by molar-refractivity contribution is 6.31. The summed E-state index contributed by atoms with van der Waals surface area (Å²) in [5.74, 6) is -0.192. The van der Waals surface area contributed by atoms with Gasteiger partial charge in [-0.1, -0.05) is 41.4 Å². The van der Waals surface area contributed by atoms with Crippen molar-refractivity contribution in [1.29, 1.82) is 0 Å². The van der Waals surface area contributed by atoms with Gasteiger partial charge in [0.05, 0.1) is 0 Å². The minimum absolute atomic E-state index is 0.192. The predicted octanol–water partition coefficient (Wildman–Crippen LogP) is 4.57. The molecule has 0 saturated heterocycles. The van der Waals surface area contributed by atoms with Crippen molar-refractivity contribution >= 4 is 11.6 Å². The van der Waals surface area contributed by atoms with Crippen LogP contribution in [-0.4, -0.2) is 0 Å². The molecule has 0 unspecified atom stereocenters. The number of aryl methyl sites for hydroxylation is 3. The fraction of sp³-hybridized carbons (Fsp3) is 0.200. The number of hydrogen-bond donors (Lipinski definition) is 0. The average Bonchev–Trinajstić information content (AvgIpc) is 2.32. The van der Waals surface area contributed by atoms with E-state index in [0.29, 0.717) is 0 Å². The van der Waals surface area contributed by atoms with Crippen LogP contribution in [0.1, 0.15) is 16.7 Å². The average molecular weight is 249 g/mol. The summed E-state index contributed by atoms with van der Waals surface area (Å²) in [5, 5.41) is 0.803. The molecule has 2 rings (SSSR count). The maximum absolute atomic E-state index is 12.7. The molecule has 0 amide bonds. The Hall–Kier alpha value is -1.34. The van der Waals surface area contributed by atoms with E-state index >= 15 is 0 Å². The maximum Gasteiger partial charge on any atom is 0.123 e. The molecule has 2 aromatic carbocycles. The maximum atomic E-state index is 12.7. The second kappa shape index (κ2) is 5.33. The third kappa shape index (κ3) is 3.31. The molecule has 2 heteroatoms. The van der Waals surface area contributed by atoms with E-state index in [0.717, 1.165) is 29.0 Å². The molecule has 0 aliphatic rings. The summed E-state index contributed by atoms with van der Waals surface area (Å²) in [5.41, 5.74) is 3.49. The van der Waals surface area contributed by atoms with Crippen LogP contribution in [0.5, 0.6) is 0 Å². The molecular formula is C15H14ClF. The molecule has 0 N–H and O–H groups in total. The van der Waals surface area contributed by atoms with Crippen molar-refractivity contribution in [3.63, 3.8) is 0 Å². The topological polar surface area (TPSA) is 0 Å². The summed E-state index contributed by atoms with van der Waals surface area (Å²) >= 11 is 6.13. The summed E-state index contributed by atoms with van der Waals surface area (Å²) in [4.78, 5) is 0. The molecule has 0 spiro atoms. The largest absolute Gasteiger partial charge is 0.207 e. The van der Waals surface area contributed by atoms with Gasteiger partial charge in [0.15, 0.2) is 0 Å². The highest BCUT2D eigenvalue weighted by Gasteiger charge is 2.01. The smallest absolute Gasteiger partial charge is 0.123 e. The van der Waals surface area contributed by atoms with E-state index < -0.39 is 0 Å². The van der Waals surface area contributed by atoms with Gasteiger partial charge in [-0.05, 0) is 49.1 Å². The van der Waals surface area contributed by atoms with Crippen LogP contribution in [0, 0.1) is 12.7 Å². The van der Waals surface area contributed by atoms with E-state index in [-0.39, 0.29) is 5.82 Å². The lowest BCUT2D eigenvalue weighted by Gasteiger charge is -2.06. The third-order valence-corrected chi connectivity index (χ3v) is 3.17. The Morgan fingerprint density at radius 2 is 1.71 bits per heavy atom. The van der Waals surface area contributed by atoms with Crippen LogP contribution in [-0.2, 0) is 12.8 Å². The first-order chi connectivity index (χ1) is 8.15. The zero-order valence-electron chi connectivity index (χ0n) is 9.71. The standard InChI is InChI=1S/C15H14ClF/c1-11-2-9-15(16)13(10-11)6-3-12-4-7-14(17)8-5-12/h2,4-5,7-10H,3,6H2,1H3.